The molecule has 0 bridgehead atoms. The number of nitrogens with one attached hydrogen (secondary N) is 1. The Kier molecular flexibility index (Phi) is 5.97. The van der Waals surface area contributed by atoms with E-state index in [1.807, 2.05) is 0 Å². The number of amides is 2. The number of nitrogens with two attached hydrogens (primary N) is 1. The highest BCUT2D eigenvalue weighted by molar-refractivity contribution is 9.10. The van der Waals surface area contributed by atoms with E-state index in [4.69, 9.17) is 22.4 Å². The first-order valence-electron chi connectivity index (χ1n) is 5.58. The van der Waals surface area contributed by atoms with Gasteiger partial charge in [-0.25, -0.2) is 4.79 Å². The van der Waals surface area contributed by atoms with E-state index in [0.717, 1.165) is 0 Å². The largest absolute Gasteiger partial charge is 0.480 e. The van der Waals surface area contributed by atoms with Gasteiger partial charge in [0.15, 0.2) is 0 Å². The summed E-state index contributed by atoms with van der Waals surface area (Å²) in [4.78, 5) is 33.7. The fourth-order valence-corrected chi connectivity index (χ4v) is 2.32. The Morgan fingerprint density at radius 1 is 1.40 bits per heavy atom. The van der Waals surface area contributed by atoms with Gasteiger partial charge in [-0.3, -0.25) is 9.59 Å². The highest BCUT2D eigenvalue weighted by Gasteiger charge is 2.22. The Labute approximate surface area is 128 Å². The summed E-state index contributed by atoms with van der Waals surface area (Å²) in [6.45, 7) is 0. The van der Waals surface area contributed by atoms with E-state index >= 15 is 0 Å². The summed E-state index contributed by atoms with van der Waals surface area (Å²) in [5.41, 5.74) is 5.21. The van der Waals surface area contributed by atoms with E-state index in [1.54, 1.807) is 0 Å². The van der Waals surface area contributed by atoms with Crippen molar-refractivity contribution in [3.63, 3.8) is 0 Å². The second-order valence-corrected chi connectivity index (χ2v) is 5.28. The molecule has 2 amide bonds. The maximum absolute atomic E-state index is 12.0. The average molecular weight is 364 g/mol. The number of halogens is 2. The Balaban J connectivity index is 2.80. The van der Waals surface area contributed by atoms with Crippen molar-refractivity contribution in [3.8, 4) is 0 Å². The van der Waals surface area contributed by atoms with Crippen molar-refractivity contribution in [2.45, 2.75) is 18.9 Å². The zero-order valence-electron chi connectivity index (χ0n) is 10.2. The molecule has 1 aromatic carbocycles. The molecule has 1 atom stereocenters. The number of hydrogen-bond donors (Lipinski definition) is 3. The van der Waals surface area contributed by atoms with Gasteiger partial charge >= 0.3 is 5.97 Å². The number of carbonyl (C=O) groups excluding carboxylic acids is 2. The molecule has 0 radical (unpaired) electrons. The second kappa shape index (κ2) is 7.25. The maximum atomic E-state index is 12.0. The Hall–Kier alpha value is -1.60. The summed E-state index contributed by atoms with van der Waals surface area (Å²) in [6.07, 6.45) is -0.194. The fraction of sp³-hybridized carbons (Fsp3) is 0.250. The zero-order valence-corrected chi connectivity index (χ0v) is 12.6. The molecule has 4 N–H and O–H groups in total. The zero-order chi connectivity index (χ0) is 15.3. The lowest BCUT2D eigenvalue weighted by Gasteiger charge is -2.14. The predicted molar refractivity (Wildman–Crippen MR) is 76.5 cm³/mol. The molecule has 0 spiro atoms. The van der Waals surface area contributed by atoms with Crippen molar-refractivity contribution in [2.24, 2.45) is 5.73 Å². The monoisotopic (exact) mass is 362 g/mol. The fourth-order valence-electron chi connectivity index (χ4n) is 1.45. The number of primary amides is 1. The van der Waals surface area contributed by atoms with Gasteiger partial charge in [-0.15, -0.1) is 0 Å². The van der Waals surface area contributed by atoms with Crippen LogP contribution < -0.4 is 11.1 Å². The highest BCUT2D eigenvalue weighted by atomic mass is 79.9. The van der Waals surface area contributed by atoms with Crippen LogP contribution in [-0.2, 0) is 9.59 Å². The molecule has 20 heavy (non-hydrogen) atoms. The van der Waals surface area contributed by atoms with Crippen LogP contribution in [0.5, 0.6) is 0 Å². The standard InChI is InChI=1S/C12H12BrClN2O4/c13-8-5-6(14)1-2-7(8)11(18)16-9(12(19)20)3-4-10(15)17/h1-2,5,9H,3-4H2,(H2,15,17)(H,16,18)(H,19,20)/t9-/m0/s1. The SMILES string of the molecule is NC(=O)CC[C@H](NC(=O)c1ccc(Cl)cc1Br)C(=O)O. The summed E-state index contributed by atoms with van der Waals surface area (Å²) < 4.78 is 0.446. The number of rotatable bonds is 6. The lowest BCUT2D eigenvalue weighted by Crippen LogP contribution is -2.41. The molecule has 0 aliphatic carbocycles. The number of hydrogen-bond acceptors (Lipinski definition) is 3. The summed E-state index contributed by atoms with van der Waals surface area (Å²) in [7, 11) is 0. The van der Waals surface area contributed by atoms with Crippen LogP contribution in [0.3, 0.4) is 0 Å². The van der Waals surface area contributed by atoms with Gasteiger partial charge in [-0.2, -0.15) is 0 Å². The van der Waals surface area contributed by atoms with Crippen molar-refractivity contribution >= 4 is 45.3 Å². The molecule has 0 unspecified atom stereocenters. The van der Waals surface area contributed by atoms with Crippen molar-refractivity contribution in [2.75, 3.05) is 0 Å². The summed E-state index contributed by atoms with van der Waals surface area (Å²) in [5, 5.41) is 11.8. The number of aliphatic carboxylic acids is 1. The summed E-state index contributed by atoms with van der Waals surface area (Å²) in [5.74, 6) is -2.44. The van der Waals surface area contributed by atoms with E-state index in [9.17, 15) is 14.4 Å². The van der Waals surface area contributed by atoms with Gasteiger partial charge in [0.05, 0.1) is 5.56 Å². The molecule has 108 valence electrons. The lowest BCUT2D eigenvalue weighted by molar-refractivity contribution is -0.139. The van der Waals surface area contributed by atoms with Crippen molar-refractivity contribution in [1.82, 2.24) is 5.32 Å². The third-order valence-electron chi connectivity index (χ3n) is 2.46. The van der Waals surface area contributed by atoms with E-state index in [2.05, 4.69) is 21.2 Å². The van der Waals surface area contributed by atoms with Gasteiger partial charge in [0, 0.05) is 15.9 Å². The van der Waals surface area contributed by atoms with E-state index in [0.29, 0.717) is 9.50 Å². The molecule has 0 saturated carbocycles. The van der Waals surface area contributed by atoms with Crippen molar-refractivity contribution in [3.05, 3.63) is 33.3 Å². The van der Waals surface area contributed by atoms with Gasteiger partial charge in [0.2, 0.25) is 5.91 Å². The second-order valence-electron chi connectivity index (χ2n) is 3.99. The van der Waals surface area contributed by atoms with Gasteiger partial charge in [0.1, 0.15) is 6.04 Å². The van der Waals surface area contributed by atoms with Crippen LogP contribution in [0.2, 0.25) is 5.02 Å². The molecule has 6 nitrogen and oxygen atoms in total. The summed E-state index contributed by atoms with van der Waals surface area (Å²) in [6, 6.07) is 3.32. The first-order valence-corrected chi connectivity index (χ1v) is 6.75. The van der Waals surface area contributed by atoms with Crippen LogP contribution in [0, 0.1) is 0 Å². The third-order valence-corrected chi connectivity index (χ3v) is 3.35. The van der Waals surface area contributed by atoms with Crippen LogP contribution in [0.25, 0.3) is 0 Å². The highest BCUT2D eigenvalue weighted by Crippen LogP contribution is 2.21. The molecule has 0 aliphatic heterocycles. The van der Waals surface area contributed by atoms with Gasteiger partial charge in [0.25, 0.3) is 5.91 Å². The smallest absolute Gasteiger partial charge is 0.326 e. The van der Waals surface area contributed by atoms with Crippen LogP contribution in [0.15, 0.2) is 22.7 Å². The minimum Gasteiger partial charge on any atom is -0.480 e. The minimum absolute atomic E-state index is 0.0678. The van der Waals surface area contributed by atoms with Crippen LogP contribution in [-0.4, -0.2) is 28.9 Å². The predicted octanol–water partition coefficient (Wildman–Crippen LogP) is 1.55. The number of carboxylic acids is 1. The van der Waals surface area contributed by atoms with Gasteiger partial charge in [-0.05, 0) is 40.5 Å². The topological polar surface area (TPSA) is 109 Å². The van der Waals surface area contributed by atoms with Crippen LogP contribution in [0.4, 0.5) is 0 Å². The number of carboxylic acid groups (broad SMARTS) is 1. The Bertz CT molecular complexity index is 550. The number of benzene rings is 1. The van der Waals surface area contributed by atoms with Crippen LogP contribution >= 0.6 is 27.5 Å². The number of carbonyl (C=O) groups is 3. The Morgan fingerprint density at radius 2 is 2.05 bits per heavy atom. The molecule has 8 heteroatoms. The van der Waals surface area contributed by atoms with Gasteiger partial charge in [-0.1, -0.05) is 11.6 Å². The first-order chi connectivity index (χ1) is 9.31. The molecule has 1 rings (SSSR count). The molecular formula is C12H12BrClN2O4. The molecule has 0 aliphatic rings. The molecule has 1 aromatic rings. The lowest BCUT2D eigenvalue weighted by atomic mass is 10.1. The molecular weight excluding hydrogens is 351 g/mol. The minimum atomic E-state index is -1.23. The van der Waals surface area contributed by atoms with E-state index in [1.165, 1.54) is 18.2 Å². The van der Waals surface area contributed by atoms with Gasteiger partial charge < -0.3 is 16.2 Å². The van der Waals surface area contributed by atoms with E-state index < -0.39 is 23.8 Å². The third kappa shape index (κ3) is 4.82. The normalized spacial score (nSPS) is 11.7. The average Bonchev–Trinajstić information content (AvgIpc) is 2.33. The molecule has 0 aromatic heterocycles. The van der Waals surface area contributed by atoms with E-state index in [-0.39, 0.29) is 18.4 Å². The first kappa shape index (κ1) is 16.5. The molecule has 0 fully saturated rings. The van der Waals surface area contributed by atoms with Crippen LogP contribution in [0.1, 0.15) is 23.2 Å². The van der Waals surface area contributed by atoms with Crippen molar-refractivity contribution < 1.29 is 19.5 Å². The maximum Gasteiger partial charge on any atom is 0.326 e. The summed E-state index contributed by atoms with van der Waals surface area (Å²) >= 11 is 8.93. The Morgan fingerprint density at radius 3 is 2.55 bits per heavy atom. The molecule has 0 heterocycles. The quantitative estimate of drug-likeness (QED) is 0.712. The molecule has 0 saturated heterocycles. The van der Waals surface area contributed by atoms with Crippen molar-refractivity contribution in [1.29, 1.82) is 0 Å².